The molecule has 0 bridgehead atoms. The van der Waals surface area contributed by atoms with Gasteiger partial charge in [-0.15, -0.1) is 0 Å². The van der Waals surface area contributed by atoms with Crippen LogP contribution < -0.4 is 5.73 Å². The molecule has 0 saturated heterocycles. The van der Waals surface area contributed by atoms with Crippen molar-refractivity contribution in [3.8, 4) is 0 Å². The molecule has 0 unspecified atom stereocenters. The van der Waals surface area contributed by atoms with Gasteiger partial charge in [0.15, 0.2) is 0 Å². The lowest BCUT2D eigenvalue weighted by Gasteiger charge is -2.20. The fourth-order valence-electron chi connectivity index (χ4n) is 1.74. The number of unbranched alkanes of at least 4 members (excludes halogenated alkanes) is 2. The van der Waals surface area contributed by atoms with Crippen molar-refractivity contribution in [3.05, 3.63) is 0 Å². The van der Waals surface area contributed by atoms with Gasteiger partial charge in [-0.3, -0.25) is 0 Å². The lowest BCUT2D eigenvalue weighted by atomic mass is 9.87. The molecular formula is C11H25N. The Kier molecular flexibility index (Phi) is 7.58. The van der Waals surface area contributed by atoms with Crippen LogP contribution in [0.15, 0.2) is 0 Å². The van der Waals surface area contributed by atoms with E-state index in [2.05, 4.69) is 20.8 Å². The Morgan fingerprint density at radius 3 is 2.25 bits per heavy atom. The molecule has 0 radical (unpaired) electrons. The maximum absolute atomic E-state index is 5.65. The topological polar surface area (TPSA) is 26.0 Å². The molecule has 0 aromatic carbocycles. The van der Waals surface area contributed by atoms with Crippen molar-refractivity contribution in [2.75, 3.05) is 6.54 Å². The molecule has 0 aromatic heterocycles. The van der Waals surface area contributed by atoms with E-state index in [0.717, 1.165) is 12.5 Å². The molecule has 0 aliphatic heterocycles. The zero-order valence-electron chi connectivity index (χ0n) is 8.97. The summed E-state index contributed by atoms with van der Waals surface area (Å²) in [6.07, 6.45) is 6.77. The standard InChI is InChI=1S/C11H25N/c1-4-6-7-8-11(5-2)10(3)9-12/h10-11H,4-9,12H2,1-3H3/t10-,11+/m0/s1. The average molecular weight is 171 g/mol. The molecule has 0 rings (SSSR count). The van der Waals surface area contributed by atoms with Crippen molar-refractivity contribution in [2.24, 2.45) is 17.6 Å². The number of hydrogen-bond donors (Lipinski definition) is 1. The highest BCUT2D eigenvalue weighted by atomic mass is 14.5. The van der Waals surface area contributed by atoms with Gasteiger partial charge in [-0.1, -0.05) is 52.9 Å². The van der Waals surface area contributed by atoms with Crippen LogP contribution in [0.1, 0.15) is 52.9 Å². The van der Waals surface area contributed by atoms with Crippen molar-refractivity contribution in [1.82, 2.24) is 0 Å². The summed E-state index contributed by atoms with van der Waals surface area (Å²) in [6, 6.07) is 0. The molecule has 0 amide bonds. The summed E-state index contributed by atoms with van der Waals surface area (Å²) in [6.45, 7) is 7.67. The lowest BCUT2D eigenvalue weighted by molar-refractivity contribution is 0.322. The fourth-order valence-corrected chi connectivity index (χ4v) is 1.74. The molecule has 12 heavy (non-hydrogen) atoms. The van der Waals surface area contributed by atoms with Gasteiger partial charge in [0.25, 0.3) is 0 Å². The van der Waals surface area contributed by atoms with Gasteiger partial charge in [0.05, 0.1) is 0 Å². The van der Waals surface area contributed by atoms with Crippen molar-refractivity contribution >= 4 is 0 Å². The smallest absolute Gasteiger partial charge is 0.00489 e. The summed E-state index contributed by atoms with van der Waals surface area (Å²) in [4.78, 5) is 0. The molecule has 0 saturated carbocycles. The minimum absolute atomic E-state index is 0.715. The highest BCUT2D eigenvalue weighted by Crippen LogP contribution is 2.21. The van der Waals surface area contributed by atoms with E-state index in [1.807, 2.05) is 0 Å². The van der Waals surface area contributed by atoms with Gasteiger partial charge >= 0.3 is 0 Å². The first kappa shape index (κ1) is 12.0. The van der Waals surface area contributed by atoms with E-state index in [0.29, 0.717) is 5.92 Å². The van der Waals surface area contributed by atoms with Gasteiger partial charge in [0.1, 0.15) is 0 Å². The minimum Gasteiger partial charge on any atom is -0.330 e. The molecule has 0 aliphatic rings. The molecule has 1 nitrogen and oxygen atoms in total. The average Bonchev–Trinajstić information content (AvgIpc) is 2.11. The Morgan fingerprint density at radius 1 is 1.17 bits per heavy atom. The van der Waals surface area contributed by atoms with Crippen LogP contribution in [-0.2, 0) is 0 Å². The van der Waals surface area contributed by atoms with E-state index < -0.39 is 0 Å². The number of rotatable bonds is 7. The maximum Gasteiger partial charge on any atom is -0.00489 e. The van der Waals surface area contributed by atoms with Gasteiger partial charge in [-0.05, 0) is 18.4 Å². The molecule has 0 heterocycles. The van der Waals surface area contributed by atoms with Crippen LogP contribution in [0, 0.1) is 11.8 Å². The second-order valence-electron chi connectivity index (χ2n) is 3.88. The Labute approximate surface area is 77.7 Å². The van der Waals surface area contributed by atoms with Crippen molar-refractivity contribution in [1.29, 1.82) is 0 Å². The van der Waals surface area contributed by atoms with Crippen LogP contribution in [0.25, 0.3) is 0 Å². The molecule has 0 aliphatic carbocycles. The monoisotopic (exact) mass is 171 g/mol. The van der Waals surface area contributed by atoms with Gasteiger partial charge in [0, 0.05) is 0 Å². The summed E-state index contributed by atoms with van der Waals surface area (Å²) in [5, 5.41) is 0. The van der Waals surface area contributed by atoms with Crippen LogP contribution in [0.2, 0.25) is 0 Å². The third-order valence-corrected chi connectivity index (χ3v) is 2.88. The van der Waals surface area contributed by atoms with Crippen molar-refractivity contribution in [3.63, 3.8) is 0 Å². The highest BCUT2D eigenvalue weighted by Gasteiger charge is 2.12. The molecule has 0 aromatic rings. The predicted octanol–water partition coefficient (Wildman–Crippen LogP) is 3.19. The zero-order valence-corrected chi connectivity index (χ0v) is 8.97. The normalized spacial score (nSPS) is 16.0. The van der Waals surface area contributed by atoms with E-state index in [-0.39, 0.29) is 0 Å². The van der Waals surface area contributed by atoms with E-state index in [1.165, 1.54) is 32.1 Å². The summed E-state index contributed by atoms with van der Waals surface area (Å²) in [7, 11) is 0. The largest absolute Gasteiger partial charge is 0.330 e. The molecule has 74 valence electrons. The zero-order chi connectivity index (χ0) is 9.40. The second kappa shape index (κ2) is 7.60. The maximum atomic E-state index is 5.65. The van der Waals surface area contributed by atoms with E-state index >= 15 is 0 Å². The van der Waals surface area contributed by atoms with Gasteiger partial charge in [-0.25, -0.2) is 0 Å². The van der Waals surface area contributed by atoms with Crippen LogP contribution in [0.4, 0.5) is 0 Å². The third kappa shape index (κ3) is 4.76. The van der Waals surface area contributed by atoms with Crippen LogP contribution in [0.5, 0.6) is 0 Å². The van der Waals surface area contributed by atoms with Crippen molar-refractivity contribution in [2.45, 2.75) is 52.9 Å². The fraction of sp³-hybridized carbons (Fsp3) is 1.00. The van der Waals surface area contributed by atoms with Crippen LogP contribution >= 0.6 is 0 Å². The molecule has 2 N–H and O–H groups in total. The molecule has 0 spiro atoms. The molecule has 0 fully saturated rings. The summed E-state index contributed by atoms with van der Waals surface area (Å²) < 4.78 is 0. The van der Waals surface area contributed by atoms with Crippen molar-refractivity contribution < 1.29 is 0 Å². The van der Waals surface area contributed by atoms with Crippen LogP contribution in [0.3, 0.4) is 0 Å². The lowest BCUT2D eigenvalue weighted by Crippen LogP contribution is -2.20. The quantitative estimate of drug-likeness (QED) is 0.585. The van der Waals surface area contributed by atoms with E-state index in [9.17, 15) is 0 Å². The predicted molar refractivity (Wildman–Crippen MR) is 56.1 cm³/mol. The first-order valence-electron chi connectivity index (χ1n) is 5.46. The summed E-state index contributed by atoms with van der Waals surface area (Å²) >= 11 is 0. The number of nitrogens with two attached hydrogens (primary N) is 1. The summed E-state index contributed by atoms with van der Waals surface area (Å²) in [5.41, 5.74) is 5.65. The van der Waals surface area contributed by atoms with Gasteiger partial charge in [0.2, 0.25) is 0 Å². The highest BCUT2D eigenvalue weighted by molar-refractivity contribution is 4.65. The van der Waals surface area contributed by atoms with E-state index in [4.69, 9.17) is 5.73 Å². The van der Waals surface area contributed by atoms with Gasteiger partial charge in [-0.2, -0.15) is 0 Å². The second-order valence-corrected chi connectivity index (χ2v) is 3.88. The SMILES string of the molecule is CCCCC[C@@H](CC)[C@@H](C)CN. The Bertz CT molecular complexity index is 91.0. The third-order valence-electron chi connectivity index (χ3n) is 2.88. The molecule has 1 heteroatoms. The Morgan fingerprint density at radius 2 is 1.83 bits per heavy atom. The molecule has 2 atom stereocenters. The minimum atomic E-state index is 0.715. The Hall–Kier alpha value is -0.0400. The van der Waals surface area contributed by atoms with E-state index in [1.54, 1.807) is 0 Å². The Balaban J connectivity index is 3.52. The molecular weight excluding hydrogens is 146 g/mol. The summed E-state index contributed by atoms with van der Waals surface area (Å²) in [5.74, 6) is 1.58. The first-order chi connectivity index (χ1) is 5.76. The van der Waals surface area contributed by atoms with Gasteiger partial charge < -0.3 is 5.73 Å². The van der Waals surface area contributed by atoms with Crippen LogP contribution in [-0.4, -0.2) is 6.54 Å². The first-order valence-corrected chi connectivity index (χ1v) is 5.46. The number of hydrogen-bond acceptors (Lipinski definition) is 1.